The third kappa shape index (κ3) is 2.38. The molecule has 0 saturated heterocycles. The molecular weight excluding hydrogens is 328 g/mol. The molecule has 22 heavy (non-hydrogen) atoms. The van der Waals surface area contributed by atoms with Crippen molar-refractivity contribution in [2.24, 2.45) is 0 Å². The third-order valence-corrected chi connectivity index (χ3v) is 4.52. The molecule has 3 aromatic heterocycles. The van der Waals surface area contributed by atoms with E-state index >= 15 is 0 Å². The van der Waals surface area contributed by atoms with E-state index in [0.717, 1.165) is 4.88 Å². The number of H-pyrrole nitrogens is 1. The minimum Gasteiger partial charge on any atom is -0.303 e. The van der Waals surface area contributed by atoms with Gasteiger partial charge in [0.15, 0.2) is 4.77 Å². The molecule has 3 aromatic rings. The molecule has 0 aliphatic carbocycles. The first kappa shape index (κ1) is 15.0. The summed E-state index contributed by atoms with van der Waals surface area (Å²) in [5.41, 5.74) is -0.352. The first-order chi connectivity index (χ1) is 10.5. The van der Waals surface area contributed by atoms with Crippen molar-refractivity contribution in [3.63, 3.8) is 0 Å². The second-order valence-electron chi connectivity index (χ2n) is 4.58. The lowest BCUT2D eigenvalue weighted by atomic mass is 10.1. The zero-order chi connectivity index (χ0) is 15.9. The molecule has 8 heteroatoms. The van der Waals surface area contributed by atoms with Gasteiger partial charge in [0, 0.05) is 12.1 Å². The monoisotopic (exact) mass is 339 g/mol. The molecule has 1 N–H and O–H groups in total. The standard InChI is InChI=1S/C14H11F2N3OS2/c1-2-19-12-10(13(20)18-14(19)21)7(11(15)16)6-8(17-12)9-4-3-5-22-9/h3-6,11H,2H2,1H3,(H,18,20,21). The van der Waals surface area contributed by atoms with Crippen molar-refractivity contribution in [3.05, 3.63) is 44.3 Å². The molecule has 4 nitrogen and oxygen atoms in total. The van der Waals surface area contributed by atoms with Crippen LogP contribution in [0.3, 0.4) is 0 Å². The van der Waals surface area contributed by atoms with Crippen molar-refractivity contribution in [1.82, 2.24) is 14.5 Å². The lowest BCUT2D eigenvalue weighted by molar-refractivity contribution is 0.153. The van der Waals surface area contributed by atoms with E-state index in [-0.39, 0.29) is 21.4 Å². The van der Waals surface area contributed by atoms with Gasteiger partial charge < -0.3 is 4.57 Å². The number of aromatic nitrogens is 3. The van der Waals surface area contributed by atoms with Crippen molar-refractivity contribution in [2.75, 3.05) is 0 Å². The van der Waals surface area contributed by atoms with Crippen LogP contribution < -0.4 is 5.56 Å². The quantitative estimate of drug-likeness (QED) is 0.730. The Kier molecular flexibility index (Phi) is 3.88. The highest BCUT2D eigenvalue weighted by Gasteiger charge is 2.20. The Morgan fingerprint density at radius 1 is 1.50 bits per heavy atom. The van der Waals surface area contributed by atoms with Crippen molar-refractivity contribution < 1.29 is 8.78 Å². The summed E-state index contributed by atoms with van der Waals surface area (Å²) in [6.07, 6.45) is -2.77. The number of thiophene rings is 1. The van der Waals surface area contributed by atoms with Gasteiger partial charge in [-0.2, -0.15) is 0 Å². The molecule has 3 heterocycles. The summed E-state index contributed by atoms with van der Waals surface area (Å²) in [6.45, 7) is 2.24. The minimum absolute atomic E-state index is 0.106. The summed E-state index contributed by atoms with van der Waals surface area (Å²) in [6, 6.07) is 4.89. The first-order valence-corrected chi connectivity index (χ1v) is 7.81. The molecule has 0 bridgehead atoms. The van der Waals surface area contributed by atoms with Crippen molar-refractivity contribution in [2.45, 2.75) is 19.9 Å². The lowest BCUT2D eigenvalue weighted by Crippen LogP contribution is -2.17. The number of hydrogen-bond acceptors (Lipinski definition) is 4. The molecule has 0 aromatic carbocycles. The molecule has 114 valence electrons. The molecule has 0 aliphatic rings. The van der Waals surface area contributed by atoms with Gasteiger partial charge in [0.2, 0.25) is 0 Å². The van der Waals surface area contributed by atoms with Crippen LogP contribution in [0.4, 0.5) is 8.78 Å². The average Bonchev–Trinajstić information content (AvgIpc) is 3.00. The van der Waals surface area contributed by atoms with Crippen LogP contribution >= 0.6 is 23.6 Å². The maximum Gasteiger partial charge on any atom is 0.264 e. The van der Waals surface area contributed by atoms with Crippen LogP contribution in [0.5, 0.6) is 0 Å². The van der Waals surface area contributed by atoms with Gasteiger partial charge in [0.05, 0.1) is 16.0 Å². The number of nitrogens with one attached hydrogen (secondary N) is 1. The third-order valence-electron chi connectivity index (χ3n) is 3.30. The van der Waals surface area contributed by atoms with Gasteiger partial charge in [-0.25, -0.2) is 13.8 Å². The Bertz CT molecular complexity index is 945. The lowest BCUT2D eigenvalue weighted by Gasteiger charge is -2.12. The van der Waals surface area contributed by atoms with Gasteiger partial charge in [-0.15, -0.1) is 11.3 Å². The number of pyridine rings is 1. The second-order valence-corrected chi connectivity index (χ2v) is 5.91. The van der Waals surface area contributed by atoms with Gasteiger partial charge in [0.1, 0.15) is 5.65 Å². The Hall–Kier alpha value is -1.93. The molecule has 0 aliphatic heterocycles. The van der Waals surface area contributed by atoms with E-state index in [1.165, 1.54) is 17.4 Å². The van der Waals surface area contributed by atoms with Crippen LogP contribution in [0.25, 0.3) is 21.6 Å². The molecule has 0 saturated carbocycles. The molecule has 3 rings (SSSR count). The van der Waals surface area contributed by atoms with Gasteiger partial charge in [0.25, 0.3) is 12.0 Å². The van der Waals surface area contributed by atoms with Crippen LogP contribution in [-0.2, 0) is 6.54 Å². The topological polar surface area (TPSA) is 50.7 Å². The number of rotatable bonds is 3. The SMILES string of the molecule is CCn1c(=S)[nH]c(=O)c2c(C(F)F)cc(-c3cccs3)nc21. The fourth-order valence-electron chi connectivity index (χ4n) is 2.32. The zero-order valence-corrected chi connectivity index (χ0v) is 13.1. The summed E-state index contributed by atoms with van der Waals surface area (Å²) >= 11 is 6.50. The normalized spacial score (nSPS) is 11.5. The molecule has 0 unspecified atom stereocenters. The van der Waals surface area contributed by atoms with Crippen molar-refractivity contribution >= 4 is 34.6 Å². The van der Waals surface area contributed by atoms with Crippen LogP contribution in [0.1, 0.15) is 18.9 Å². The number of fused-ring (bicyclic) bond motifs is 1. The Morgan fingerprint density at radius 2 is 2.27 bits per heavy atom. The van der Waals surface area contributed by atoms with Crippen molar-refractivity contribution in [3.8, 4) is 10.6 Å². The highest BCUT2D eigenvalue weighted by Crippen LogP contribution is 2.31. The number of alkyl halides is 2. The summed E-state index contributed by atoms with van der Waals surface area (Å²) < 4.78 is 28.6. The fourth-order valence-corrected chi connectivity index (χ4v) is 3.31. The molecule has 0 fully saturated rings. The Labute approximate surface area is 133 Å². The number of aryl methyl sites for hydroxylation is 1. The number of nitrogens with zero attached hydrogens (tertiary/aromatic N) is 2. The van der Waals surface area contributed by atoms with Gasteiger partial charge in [-0.3, -0.25) is 9.78 Å². The van der Waals surface area contributed by atoms with Gasteiger partial charge in [-0.1, -0.05) is 6.07 Å². The molecule has 0 spiro atoms. The second kappa shape index (κ2) is 5.69. The predicted octanol–water partition coefficient (Wildman–Crippen LogP) is 4.14. The molecule has 0 amide bonds. The van der Waals surface area contributed by atoms with E-state index in [1.807, 2.05) is 18.4 Å². The van der Waals surface area contributed by atoms with E-state index in [2.05, 4.69) is 9.97 Å². The Morgan fingerprint density at radius 3 is 2.86 bits per heavy atom. The number of halogens is 2. The van der Waals surface area contributed by atoms with E-state index in [0.29, 0.717) is 12.2 Å². The molecule has 0 radical (unpaired) electrons. The minimum atomic E-state index is -2.77. The maximum atomic E-state index is 13.4. The number of hydrogen-bond donors (Lipinski definition) is 1. The average molecular weight is 339 g/mol. The summed E-state index contributed by atoms with van der Waals surface area (Å²) in [5, 5.41) is 1.73. The van der Waals surface area contributed by atoms with Crippen LogP contribution in [-0.4, -0.2) is 14.5 Å². The van der Waals surface area contributed by atoms with Crippen LogP contribution in [0, 0.1) is 4.77 Å². The zero-order valence-electron chi connectivity index (χ0n) is 11.5. The van der Waals surface area contributed by atoms with Crippen LogP contribution in [0.2, 0.25) is 0 Å². The summed E-state index contributed by atoms with van der Waals surface area (Å²) in [4.78, 5) is 19.7. The van der Waals surface area contributed by atoms with Crippen molar-refractivity contribution in [1.29, 1.82) is 0 Å². The first-order valence-electron chi connectivity index (χ1n) is 6.52. The Balaban J connectivity index is 2.50. The largest absolute Gasteiger partial charge is 0.303 e. The molecule has 0 atom stereocenters. The number of aromatic amines is 1. The van der Waals surface area contributed by atoms with Gasteiger partial charge >= 0.3 is 0 Å². The van der Waals surface area contributed by atoms with Crippen LogP contribution in [0.15, 0.2) is 28.4 Å². The van der Waals surface area contributed by atoms with E-state index < -0.39 is 12.0 Å². The highest BCUT2D eigenvalue weighted by molar-refractivity contribution is 7.71. The summed E-state index contributed by atoms with van der Waals surface area (Å²) in [7, 11) is 0. The predicted molar refractivity (Wildman–Crippen MR) is 85.1 cm³/mol. The molecular formula is C14H11F2N3OS2. The van der Waals surface area contributed by atoms with E-state index in [9.17, 15) is 13.6 Å². The van der Waals surface area contributed by atoms with E-state index in [4.69, 9.17) is 12.2 Å². The highest BCUT2D eigenvalue weighted by atomic mass is 32.1. The smallest absolute Gasteiger partial charge is 0.264 e. The fraction of sp³-hybridized carbons (Fsp3) is 0.214. The maximum absolute atomic E-state index is 13.4. The van der Waals surface area contributed by atoms with Gasteiger partial charge in [-0.05, 0) is 36.7 Å². The summed E-state index contributed by atoms with van der Waals surface area (Å²) in [5.74, 6) is 0. The van der Waals surface area contributed by atoms with E-state index in [1.54, 1.807) is 10.6 Å².